The predicted octanol–water partition coefficient (Wildman–Crippen LogP) is 4.77. The summed E-state index contributed by atoms with van der Waals surface area (Å²) in [5.41, 5.74) is -1.21. The number of alkyl halides is 5. The Kier molecular flexibility index (Phi) is 7.36. The van der Waals surface area contributed by atoms with Crippen molar-refractivity contribution in [3.05, 3.63) is 70.1 Å². The molecule has 2 aromatic rings. The van der Waals surface area contributed by atoms with E-state index >= 15 is 0 Å². The second-order valence-corrected chi connectivity index (χ2v) is 7.57. The van der Waals surface area contributed by atoms with Crippen LogP contribution in [-0.2, 0) is 11.0 Å². The van der Waals surface area contributed by atoms with Crippen molar-refractivity contribution in [3.8, 4) is 5.75 Å². The highest BCUT2D eigenvalue weighted by Crippen LogP contribution is 2.33. The average molecular weight is 486 g/mol. The minimum absolute atomic E-state index is 0.0660. The van der Waals surface area contributed by atoms with Crippen molar-refractivity contribution in [2.75, 3.05) is 13.1 Å². The Bertz CT molecular complexity index is 1090. The third-order valence-corrected chi connectivity index (χ3v) is 5.28. The quantitative estimate of drug-likeness (QED) is 0.451. The van der Waals surface area contributed by atoms with Gasteiger partial charge in [0.1, 0.15) is 5.75 Å². The molecular formula is C21H15F5N2O4S. The molecular weight excluding hydrogens is 471 g/mol. The summed E-state index contributed by atoms with van der Waals surface area (Å²) in [7, 11) is 0. The van der Waals surface area contributed by atoms with E-state index < -0.39 is 41.0 Å². The van der Waals surface area contributed by atoms with Crippen LogP contribution in [0.5, 0.6) is 5.75 Å². The molecule has 6 nitrogen and oxygen atoms in total. The summed E-state index contributed by atoms with van der Waals surface area (Å²) < 4.78 is 67.8. The van der Waals surface area contributed by atoms with Gasteiger partial charge in [-0.3, -0.25) is 19.3 Å². The number of benzene rings is 2. The van der Waals surface area contributed by atoms with Crippen molar-refractivity contribution in [2.45, 2.75) is 12.8 Å². The monoisotopic (exact) mass is 486 g/mol. The zero-order valence-corrected chi connectivity index (χ0v) is 17.4. The van der Waals surface area contributed by atoms with Crippen LogP contribution in [0.25, 0.3) is 6.08 Å². The van der Waals surface area contributed by atoms with Crippen molar-refractivity contribution in [3.63, 3.8) is 0 Å². The molecule has 0 atom stereocenters. The summed E-state index contributed by atoms with van der Waals surface area (Å²) in [6.45, 7) is -3.48. The van der Waals surface area contributed by atoms with E-state index in [9.17, 15) is 36.3 Å². The Hall–Kier alpha value is -3.41. The number of thioether (sulfide) groups is 1. The molecule has 1 aliphatic rings. The molecule has 174 valence electrons. The molecule has 0 saturated carbocycles. The maximum absolute atomic E-state index is 13.1. The molecule has 1 heterocycles. The van der Waals surface area contributed by atoms with Gasteiger partial charge in [0.05, 0.1) is 16.0 Å². The molecule has 0 unspecified atom stereocenters. The molecule has 0 radical (unpaired) electrons. The largest absolute Gasteiger partial charge is 0.435 e. The topological polar surface area (TPSA) is 75.7 Å². The summed E-state index contributed by atoms with van der Waals surface area (Å²) >= 11 is 0.638. The van der Waals surface area contributed by atoms with Gasteiger partial charge in [-0.05, 0) is 47.7 Å². The standard InChI is InChI=1S/C21H15F5N2O4S/c22-19(23)32-13-7-5-12(6-8-13)11-16-18(30)28(20(31)33-16)10-9-27-17(29)14-3-1-2-4-15(14)21(24,25)26/h1-8,11,19H,9-10H2,(H,27,29). The van der Waals surface area contributed by atoms with Crippen LogP contribution in [0, 0.1) is 0 Å². The summed E-state index contributed by atoms with van der Waals surface area (Å²) in [6, 6.07) is 9.64. The molecule has 0 bridgehead atoms. The highest BCUT2D eigenvalue weighted by molar-refractivity contribution is 8.18. The normalized spacial score (nSPS) is 15.5. The van der Waals surface area contributed by atoms with Crippen molar-refractivity contribution < 1.29 is 41.1 Å². The number of carbonyl (C=O) groups excluding carboxylic acids is 3. The van der Waals surface area contributed by atoms with Crippen LogP contribution in [0.15, 0.2) is 53.4 Å². The fourth-order valence-corrected chi connectivity index (χ4v) is 3.76. The smallest absolute Gasteiger partial charge is 0.417 e. The molecule has 1 N–H and O–H groups in total. The molecule has 0 aromatic heterocycles. The van der Waals surface area contributed by atoms with Crippen LogP contribution in [0.3, 0.4) is 0 Å². The number of nitrogens with zero attached hydrogens (tertiary/aromatic N) is 1. The Morgan fingerprint density at radius 1 is 1.09 bits per heavy atom. The highest BCUT2D eigenvalue weighted by atomic mass is 32.2. The molecule has 2 aromatic carbocycles. The van der Waals surface area contributed by atoms with E-state index in [1.165, 1.54) is 36.4 Å². The van der Waals surface area contributed by atoms with Gasteiger partial charge in [-0.25, -0.2) is 0 Å². The minimum atomic E-state index is -4.71. The summed E-state index contributed by atoms with van der Waals surface area (Å²) in [6.07, 6.45) is -3.33. The second-order valence-electron chi connectivity index (χ2n) is 6.58. The third kappa shape index (κ3) is 6.09. The van der Waals surface area contributed by atoms with Crippen LogP contribution in [-0.4, -0.2) is 41.7 Å². The lowest BCUT2D eigenvalue weighted by Gasteiger charge is -2.15. The Morgan fingerprint density at radius 2 is 1.76 bits per heavy atom. The van der Waals surface area contributed by atoms with Crippen molar-refractivity contribution >= 4 is 34.9 Å². The Labute approximate surface area is 188 Å². The van der Waals surface area contributed by atoms with Crippen LogP contribution in [0.1, 0.15) is 21.5 Å². The number of ether oxygens (including phenoxy) is 1. The van der Waals surface area contributed by atoms with Gasteiger partial charge in [0.2, 0.25) is 0 Å². The van der Waals surface area contributed by atoms with Gasteiger partial charge in [-0.1, -0.05) is 24.3 Å². The first-order chi connectivity index (χ1) is 15.6. The summed E-state index contributed by atoms with van der Waals surface area (Å²) in [5, 5.41) is 1.66. The van der Waals surface area contributed by atoms with Crippen LogP contribution in [0.4, 0.5) is 26.7 Å². The summed E-state index contributed by atoms with van der Waals surface area (Å²) in [5.74, 6) is -1.71. The maximum Gasteiger partial charge on any atom is 0.417 e. The van der Waals surface area contributed by atoms with Crippen molar-refractivity contribution in [1.29, 1.82) is 0 Å². The van der Waals surface area contributed by atoms with Gasteiger partial charge in [-0.15, -0.1) is 0 Å². The summed E-state index contributed by atoms with van der Waals surface area (Å²) in [4.78, 5) is 37.7. The first-order valence-corrected chi connectivity index (χ1v) is 10.1. The van der Waals surface area contributed by atoms with Crippen LogP contribution in [0.2, 0.25) is 0 Å². The fraction of sp³-hybridized carbons (Fsp3) is 0.190. The van der Waals surface area contributed by atoms with Gasteiger partial charge >= 0.3 is 12.8 Å². The van der Waals surface area contributed by atoms with E-state index in [2.05, 4.69) is 10.1 Å². The van der Waals surface area contributed by atoms with E-state index in [4.69, 9.17) is 0 Å². The zero-order chi connectivity index (χ0) is 24.2. The molecule has 1 fully saturated rings. The third-order valence-electron chi connectivity index (χ3n) is 4.37. The van der Waals surface area contributed by atoms with E-state index in [1.807, 2.05) is 0 Å². The van der Waals surface area contributed by atoms with Crippen molar-refractivity contribution in [2.24, 2.45) is 0 Å². The van der Waals surface area contributed by atoms with Crippen molar-refractivity contribution in [1.82, 2.24) is 10.2 Å². The lowest BCUT2D eigenvalue weighted by atomic mass is 10.1. The van der Waals surface area contributed by atoms with Crippen LogP contribution < -0.4 is 10.1 Å². The zero-order valence-electron chi connectivity index (χ0n) is 16.6. The number of imide groups is 1. The second kappa shape index (κ2) is 10.0. The number of hydrogen-bond acceptors (Lipinski definition) is 5. The molecule has 1 saturated heterocycles. The number of nitrogens with one attached hydrogen (secondary N) is 1. The van der Waals surface area contributed by atoms with Gasteiger partial charge < -0.3 is 10.1 Å². The molecule has 3 amide bonds. The van der Waals surface area contributed by atoms with E-state index in [-0.39, 0.29) is 23.7 Å². The molecule has 0 aliphatic carbocycles. The minimum Gasteiger partial charge on any atom is -0.435 e. The first-order valence-electron chi connectivity index (χ1n) is 9.31. The lowest BCUT2D eigenvalue weighted by molar-refractivity contribution is -0.138. The number of halogens is 5. The van der Waals surface area contributed by atoms with E-state index in [0.717, 1.165) is 23.1 Å². The molecule has 1 aliphatic heterocycles. The number of amides is 3. The Balaban J connectivity index is 1.61. The SMILES string of the molecule is O=C(NCCN1C(=O)SC(=Cc2ccc(OC(F)F)cc2)C1=O)c1ccccc1C(F)(F)F. The number of carbonyl (C=O) groups is 3. The Morgan fingerprint density at radius 3 is 2.39 bits per heavy atom. The van der Waals surface area contributed by atoms with Gasteiger partial charge in [0.15, 0.2) is 0 Å². The molecule has 3 rings (SSSR count). The lowest BCUT2D eigenvalue weighted by Crippen LogP contribution is -2.37. The van der Waals surface area contributed by atoms with Gasteiger partial charge in [0, 0.05) is 13.1 Å². The van der Waals surface area contributed by atoms with Gasteiger partial charge in [-0.2, -0.15) is 22.0 Å². The molecule has 12 heteroatoms. The average Bonchev–Trinajstić information content (AvgIpc) is 3.01. The number of hydrogen-bond donors (Lipinski definition) is 1. The number of rotatable bonds is 7. The molecule has 0 spiro atoms. The van der Waals surface area contributed by atoms with Gasteiger partial charge in [0.25, 0.3) is 17.1 Å². The molecule has 33 heavy (non-hydrogen) atoms. The van der Waals surface area contributed by atoms with E-state index in [1.54, 1.807) is 0 Å². The van der Waals surface area contributed by atoms with E-state index in [0.29, 0.717) is 17.3 Å². The van der Waals surface area contributed by atoms with Crippen LogP contribution >= 0.6 is 11.8 Å². The fourth-order valence-electron chi connectivity index (χ4n) is 2.89. The maximum atomic E-state index is 13.1. The first kappa shape index (κ1) is 24.2. The highest BCUT2D eigenvalue weighted by Gasteiger charge is 2.36. The predicted molar refractivity (Wildman–Crippen MR) is 110 cm³/mol.